The van der Waals surface area contributed by atoms with Gasteiger partial charge in [-0.25, -0.2) is 0 Å². The molecule has 1 atom stereocenters. The van der Waals surface area contributed by atoms with E-state index in [1.165, 1.54) is 12.8 Å². The second kappa shape index (κ2) is 3.72. The Kier molecular flexibility index (Phi) is 2.89. The Morgan fingerprint density at radius 2 is 2.27 bits per heavy atom. The number of nitrogens with two attached hydrogens (primary N) is 1. The van der Waals surface area contributed by atoms with Crippen LogP contribution in [0.4, 0.5) is 0 Å². The molecule has 0 saturated heterocycles. The highest BCUT2D eigenvalue weighted by atomic mass is 14.5. The van der Waals surface area contributed by atoms with E-state index in [4.69, 9.17) is 5.73 Å². The van der Waals surface area contributed by atoms with Crippen LogP contribution < -0.4 is 5.73 Å². The van der Waals surface area contributed by atoms with E-state index in [1.807, 2.05) is 0 Å². The summed E-state index contributed by atoms with van der Waals surface area (Å²) >= 11 is 0. The number of rotatable bonds is 3. The van der Waals surface area contributed by atoms with Crippen LogP contribution in [0.3, 0.4) is 0 Å². The van der Waals surface area contributed by atoms with E-state index in [0.717, 1.165) is 13.0 Å². The van der Waals surface area contributed by atoms with Crippen molar-refractivity contribution < 1.29 is 0 Å². The SMILES string of the molecule is CC1(CCCN)C=CC=CC1. The van der Waals surface area contributed by atoms with Gasteiger partial charge in [-0.1, -0.05) is 31.2 Å². The maximum absolute atomic E-state index is 5.46. The molecule has 0 aliphatic heterocycles. The molecule has 0 heterocycles. The molecule has 0 radical (unpaired) electrons. The lowest BCUT2D eigenvalue weighted by atomic mass is 9.80. The highest BCUT2D eigenvalue weighted by Gasteiger charge is 2.19. The first-order valence-corrected chi connectivity index (χ1v) is 4.31. The van der Waals surface area contributed by atoms with E-state index in [2.05, 4.69) is 31.2 Å². The molecule has 0 fully saturated rings. The molecule has 1 aliphatic carbocycles. The van der Waals surface area contributed by atoms with Crippen LogP contribution in [0, 0.1) is 5.41 Å². The molecule has 1 aliphatic rings. The maximum atomic E-state index is 5.46. The molecule has 1 heteroatoms. The first-order valence-electron chi connectivity index (χ1n) is 4.31. The number of allylic oxidation sites excluding steroid dienone is 4. The lowest BCUT2D eigenvalue weighted by Gasteiger charge is -2.25. The van der Waals surface area contributed by atoms with Crippen LogP contribution in [0.5, 0.6) is 0 Å². The van der Waals surface area contributed by atoms with Crippen LogP contribution in [0.25, 0.3) is 0 Å². The third-order valence-corrected chi connectivity index (χ3v) is 2.28. The van der Waals surface area contributed by atoms with Gasteiger partial charge < -0.3 is 5.73 Å². The molecule has 11 heavy (non-hydrogen) atoms. The van der Waals surface area contributed by atoms with Gasteiger partial charge in [-0.3, -0.25) is 0 Å². The molecule has 0 aromatic heterocycles. The lowest BCUT2D eigenvalue weighted by molar-refractivity contribution is 0.383. The van der Waals surface area contributed by atoms with Gasteiger partial charge in [0, 0.05) is 0 Å². The Morgan fingerprint density at radius 1 is 1.45 bits per heavy atom. The molecule has 0 spiro atoms. The largest absolute Gasteiger partial charge is 0.330 e. The third-order valence-electron chi connectivity index (χ3n) is 2.28. The maximum Gasteiger partial charge on any atom is -0.00770 e. The van der Waals surface area contributed by atoms with Gasteiger partial charge in [0.05, 0.1) is 0 Å². The summed E-state index contributed by atoms with van der Waals surface area (Å²) in [6, 6.07) is 0. The van der Waals surface area contributed by atoms with Crippen LogP contribution in [-0.4, -0.2) is 6.54 Å². The molecular weight excluding hydrogens is 134 g/mol. The minimum Gasteiger partial charge on any atom is -0.330 e. The van der Waals surface area contributed by atoms with E-state index in [9.17, 15) is 0 Å². The van der Waals surface area contributed by atoms with E-state index < -0.39 is 0 Å². The van der Waals surface area contributed by atoms with Crippen LogP contribution in [0.15, 0.2) is 24.3 Å². The van der Waals surface area contributed by atoms with Crippen molar-refractivity contribution in [2.45, 2.75) is 26.2 Å². The second-order valence-electron chi connectivity index (χ2n) is 3.54. The van der Waals surface area contributed by atoms with Gasteiger partial charge in [0.25, 0.3) is 0 Å². The average molecular weight is 151 g/mol. The molecule has 2 N–H and O–H groups in total. The Bertz CT molecular complexity index is 170. The zero-order chi connectivity index (χ0) is 8.16. The quantitative estimate of drug-likeness (QED) is 0.657. The van der Waals surface area contributed by atoms with Crippen molar-refractivity contribution in [2.24, 2.45) is 11.1 Å². The van der Waals surface area contributed by atoms with Crippen molar-refractivity contribution in [3.8, 4) is 0 Å². The first-order chi connectivity index (χ1) is 5.27. The fourth-order valence-electron chi connectivity index (χ4n) is 1.46. The molecule has 1 rings (SSSR count). The van der Waals surface area contributed by atoms with E-state index in [1.54, 1.807) is 0 Å². The van der Waals surface area contributed by atoms with Gasteiger partial charge in [-0.2, -0.15) is 0 Å². The Labute approximate surface area is 69.0 Å². The summed E-state index contributed by atoms with van der Waals surface area (Å²) in [4.78, 5) is 0. The van der Waals surface area contributed by atoms with Crippen molar-refractivity contribution in [2.75, 3.05) is 6.54 Å². The summed E-state index contributed by atoms with van der Waals surface area (Å²) in [5.74, 6) is 0. The molecule has 0 aromatic rings. The average Bonchev–Trinajstić information content (AvgIpc) is 2.03. The smallest absolute Gasteiger partial charge is 0.00770 e. The highest BCUT2D eigenvalue weighted by molar-refractivity contribution is 5.15. The minimum atomic E-state index is 0.383. The van der Waals surface area contributed by atoms with Crippen LogP contribution in [-0.2, 0) is 0 Å². The summed E-state index contributed by atoms with van der Waals surface area (Å²) in [5, 5.41) is 0. The van der Waals surface area contributed by atoms with Gasteiger partial charge in [0.15, 0.2) is 0 Å². The standard InChI is InChI=1S/C10H17N/c1-10(8-5-9-11)6-3-2-4-7-10/h2-4,6H,5,7-9,11H2,1H3. The van der Waals surface area contributed by atoms with Crippen LogP contribution in [0.1, 0.15) is 26.2 Å². The number of hydrogen-bond acceptors (Lipinski definition) is 1. The molecule has 62 valence electrons. The van der Waals surface area contributed by atoms with Crippen molar-refractivity contribution in [3.63, 3.8) is 0 Å². The van der Waals surface area contributed by atoms with Crippen LogP contribution >= 0.6 is 0 Å². The van der Waals surface area contributed by atoms with Gasteiger partial charge in [-0.15, -0.1) is 0 Å². The zero-order valence-electron chi connectivity index (χ0n) is 7.22. The first kappa shape index (κ1) is 8.54. The van der Waals surface area contributed by atoms with E-state index in [0.29, 0.717) is 5.41 Å². The molecule has 0 aromatic carbocycles. The lowest BCUT2D eigenvalue weighted by Crippen LogP contribution is -2.15. The normalized spacial score (nSPS) is 29.3. The third kappa shape index (κ3) is 2.51. The molecule has 0 amide bonds. The molecule has 1 unspecified atom stereocenters. The minimum absolute atomic E-state index is 0.383. The van der Waals surface area contributed by atoms with Gasteiger partial charge >= 0.3 is 0 Å². The van der Waals surface area contributed by atoms with Gasteiger partial charge in [0.2, 0.25) is 0 Å². The predicted octanol–water partition coefficient (Wildman–Crippen LogP) is 2.25. The van der Waals surface area contributed by atoms with Crippen LogP contribution in [0.2, 0.25) is 0 Å². The molecule has 0 saturated carbocycles. The predicted molar refractivity (Wildman–Crippen MR) is 49.3 cm³/mol. The van der Waals surface area contributed by atoms with Crippen molar-refractivity contribution in [1.29, 1.82) is 0 Å². The van der Waals surface area contributed by atoms with E-state index >= 15 is 0 Å². The summed E-state index contributed by atoms with van der Waals surface area (Å²) in [7, 11) is 0. The van der Waals surface area contributed by atoms with Crippen molar-refractivity contribution >= 4 is 0 Å². The Balaban J connectivity index is 2.40. The summed E-state index contributed by atoms with van der Waals surface area (Å²) in [6.07, 6.45) is 12.3. The molecule has 1 nitrogen and oxygen atoms in total. The fraction of sp³-hybridized carbons (Fsp3) is 0.600. The fourth-order valence-corrected chi connectivity index (χ4v) is 1.46. The molecular formula is C10H17N. The van der Waals surface area contributed by atoms with Crippen molar-refractivity contribution in [1.82, 2.24) is 0 Å². The Morgan fingerprint density at radius 3 is 2.82 bits per heavy atom. The Hall–Kier alpha value is -0.560. The van der Waals surface area contributed by atoms with Gasteiger partial charge in [0.1, 0.15) is 0 Å². The zero-order valence-corrected chi connectivity index (χ0v) is 7.22. The second-order valence-corrected chi connectivity index (χ2v) is 3.54. The topological polar surface area (TPSA) is 26.0 Å². The summed E-state index contributed by atoms with van der Waals surface area (Å²) in [6.45, 7) is 3.11. The summed E-state index contributed by atoms with van der Waals surface area (Å²) in [5.41, 5.74) is 5.85. The summed E-state index contributed by atoms with van der Waals surface area (Å²) < 4.78 is 0. The highest BCUT2D eigenvalue weighted by Crippen LogP contribution is 2.31. The van der Waals surface area contributed by atoms with Gasteiger partial charge in [-0.05, 0) is 31.2 Å². The molecule has 0 bridgehead atoms. The number of hydrogen-bond donors (Lipinski definition) is 1. The van der Waals surface area contributed by atoms with Crippen molar-refractivity contribution in [3.05, 3.63) is 24.3 Å². The van der Waals surface area contributed by atoms with E-state index in [-0.39, 0.29) is 0 Å². The monoisotopic (exact) mass is 151 g/mol.